The van der Waals surface area contributed by atoms with Crippen LogP contribution in [0.1, 0.15) is 84.5 Å². The number of aryl methyl sites for hydroxylation is 2. The molecule has 6 rings (SSSR count). The topological polar surface area (TPSA) is 174 Å². The highest BCUT2D eigenvalue weighted by Crippen LogP contribution is 2.42. The molecule has 3 aliphatic heterocycles. The molecule has 12 heteroatoms. The first kappa shape index (κ1) is 31.3. The second-order valence-electron chi connectivity index (χ2n) is 12.7. The first-order chi connectivity index (χ1) is 21.6. The lowest BCUT2D eigenvalue weighted by Crippen LogP contribution is -2.57. The van der Waals surface area contributed by atoms with E-state index in [4.69, 9.17) is 19.2 Å². The van der Waals surface area contributed by atoms with Gasteiger partial charge in [0.2, 0.25) is 11.4 Å². The van der Waals surface area contributed by atoms with Crippen molar-refractivity contribution in [2.45, 2.75) is 90.3 Å². The monoisotopic (exact) mass is 628 g/mol. The van der Waals surface area contributed by atoms with E-state index in [9.17, 15) is 24.3 Å². The molecule has 3 aliphatic rings. The molecule has 6 heterocycles. The molecule has 0 radical (unpaired) electrons. The molecule has 6 atom stereocenters. The fourth-order valence-electron chi connectivity index (χ4n) is 6.56. The van der Waals surface area contributed by atoms with Crippen LogP contribution >= 0.6 is 0 Å². The largest absolute Gasteiger partial charge is 0.460 e. The third-order valence-electron chi connectivity index (χ3n) is 9.12. The molecule has 0 saturated carbocycles. The van der Waals surface area contributed by atoms with Crippen molar-refractivity contribution in [3.05, 3.63) is 70.3 Å². The number of esters is 2. The number of aromatic amines is 2. The molecule has 3 aromatic rings. The van der Waals surface area contributed by atoms with E-state index in [2.05, 4.69) is 15.0 Å². The summed E-state index contributed by atoms with van der Waals surface area (Å²) in [5, 5.41) is 10.6. The maximum Gasteiger partial charge on any atom is 0.304 e. The van der Waals surface area contributed by atoms with Crippen LogP contribution < -0.4 is 0 Å². The highest BCUT2D eigenvalue weighted by molar-refractivity contribution is 6.06. The van der Waals surface area contributed by atoms with Crippen molar-refractivity contribution in [1.29, 1.82) is 0 Å². The number of fused-ring (bicyclic) bond motifs is 8. The Hall–Kier alpha value is -4.68. The lowest BCUT2D eigenvalue weighted by atomic mass is 9.73. The molecule has 8 bridgehead atoms. The number of hydrogen-bond acceptors (Lipinski definition) is 10. The van der Waals surface area contributed by atoms with Crippen LogP contribution in [0.15, 0.2) is 36.4 Å². The maximum absolute atomic E-state index is 14.4. The van der Waals surface area contributed by atoms with Crippen molar-refractivity contribution in [3.8, 4) is 0 Å². The van der Waals surface area contributed by atoms with Crippen molar-refractivity contribution < 1.29 is 38.5 Å². The van der Waals surface area contributed by atoms with Gasteiger partial charge in [-0.2, -0.15) is 0 Å². The van der Waals surface area contributed by atoms with E-state index in [0.717, 1.165) is 11.1 Å². The van der Waals surface area contributed by atoms with Crippen LogP contribution in [0.25, 0.3) is 22.1 Å². The van der Waals surface area contributed by atoms with Crippen molar-refractivity contribution in [3.63, 3.8) is 0 Å². The summed E-state index contributed by atoms with van der Waals surface area (Å²) in [7, 11) is 0. The maximum atomic E-state index is 14.4. The predicted octanol–water partition coefficient (Wildman–Crippen LogP) is 4.20. The van der Waals surface area contributed by atoms with Crippen LogP contribution in [0.4, 0.5) is 0 Å². The van der Waals surface area contributed by atoms with Gasteiger partial charge < -0.3 is 29.3 Å². The van der Waals surface area contributed by atoms with Crippen LogP contribution in [0.2, 0.25) is 0 Å². The zero-order chi connectivity index (χ0) is 33.3. The molecule has 46 heavy (non-hydrogen) atoms. The van der Waals surface area contributed by atoms with Gasteiger partial charge in [-0.1, -0.05) is 0 Å². The van der Waals surface area contributed by atoms with Gasteiger partial charge in [-0.05, 0) is 82.1 Å². The first-order valence-electron chi connectivity index (χ1n) is 15.1. The highest BCUT2D eigenvalue weighted by Gasteiger charge is 2.56. The second kappa shape index (κ2) is 11.0. The molecule has 0 aromatic carbocycles. The van der Waals surface area contributed by atoms with Crippen molar-refractivity contribution in [2.75, 3.05) is 0 Å². The standard InChI is InChI=1S/C34H36N4O8/c1-15-9-21-11-28-33(6,32-27(45-18(4)39)14-26(41)17(3)44-32)30(42)24(37-28)10-20-8-16(2)23(35-20)13-29-34(7,46-19(5)40)31(43)25(38-29)12-22(15)36-21/h8-13,17,26-27,32,35-36,41H,14H2,1-7H3/t17-,26-,27-,32-,33-,34-/m0/s1. The zero-order valence-corrected chi connectivity index (χ0v) is 26.7. The SMILES string of the molecule is CC(=O)O[C@H]1C[C@H](O)[C@H](C)O[C@@H]1[C@]1(C)C(=O)c2cc3cc(C)c(cc4nc(cc5[nH]c(cc1n2)cc5C)C(=O)[C@@]4(C)OC(C)=O)[nH]3. The van der Waals surface area contributed by atoms with E-state index in [1.807, 2.05) is 26.0 Å². The van der Waals surface area contributed by atoms with E-state index >= 15 is 0 Å². The van der Waals surface area contributed by atoms with Crippen molar-refractivity contribution in [2.24, 2.45) is 0 Å². The fourth-order valence-corrected chi connectivity index (χ4v) is 6.56. The summed E-state index contributed by atoms with van der Waals surface area (Å²) in [4.78, 5) is 68.2. The smallest absolute Gasteiger partial charge is 0.304 e. The molecule has 1 fully saturated rings. The molecule has 1 saturated heterocycles. The Balaban J connectivity index is 1.64. The highest BCUT2D eigenvalue weighted by atomic mass is 16.6. The second-order valence-corrected chi connectivity index (χ2v) is 12.7. The molecule has 0 amide bonds. The van der Waals surface area contributed by atoms with Gasteiger partial charge in [-0.15, -0.1) is 0 Å². The summed E-state index contributed by atoms with van der Waals surface area (Å²) in [6, 6.07) is 10.3. The van der Waals surface area contributed by atoms with Gasteiger partial charge in [0.15, 0.2) is 5.78 Å². The molecule has 3 N–H and O–H groups in total. The molecule has 12 nitrogen and oxygen atoms in total. The molecule has 0 spiro atoms. The number of H-pyrrole nitrogens is 2. The number of aromatic nitrogens is 4. The van der Waals surface area contributed by atoms with Gasteiger partial charge in [0.1, 0.15) is 29.0 Å². The lowest BCUT2D eigenvalue weighted by molar-refractivity contribution is -0.197. The quantitative estimate of drug-likeness (QED) is 0.357. The first-order valence-corrected chi connectivity index (χ1v) is 15.1. The van der Waals surface area contributed by atoms with Gasteiger partial charge >= 0.3 is 11.9 Å². The number of carbonyl (C=O) groups excluding carboxylic acids is 4. The number of aliphatic hydroxyl groups is 1. The summed E-state index contributed by atoms with van der Waals surface area (Å²) in [6.07, 6.45) is -3.27. The van der Waals surface area contributed by atoms with Gasteiger partial charge in [0.25, 0.3) is 0 Å². The molecule has 0 unspecified atom stereocenters. The van der Waals surface area contributed by atoms with Crippen LogP contribution in [-0.2, 0) is 34.8 Å². The molecule has 3 aromatic heterocycles. The van der Waals surface area contributed by atoms with Crippen LogP contribution in [0.5, 0.6) is 0 Å². The third-order valence-corrected chi connectivity index (χ3v) is 9.12. The number of nitrogens with one attached hydrogen (secondary N) is 2. The van der Waals surface area contributed by atoms with Crippen molar-refractivity contribution >= 4 is 45.6 Å². The Kier molecular flexibility index (Phi) is 7.48. The van der Waals surface area contributed by atoms with Gasteiger partial charge in [0.05, 0.1) is 23.6 Å². The number of ether oxygens (including phenoxy) is 3. The van der Waals surface area contributed by atoms with E-state index in [0.29, 0.717) is 27.8 Å². The Morgan fingerprint density at radius 3 is 2.09 bits per heavy atom. The van der Waals surface area contributed by atoms with E-state index in [-0.39, 0.29) is 29.3 Å². The molecule has 240 valence electrons. The minimum Gasteiger partial charge on any atom is -0.460 e. The number of hydrogen-bond donors (Lipinski definition) is 3. The minimum atomic E-state index is -1.64. The Bertz CT molecular complexity index is 1980. The normalized spacial score (nSPS) is 27.8. The zero-order valence-electron chi connectivity index (χ0n) is 26.7. The number of Topliss-reactive ketones (excluding diaryl/α,β-unsaturated/α-hetero) is 2. The van der Waals surface area contributed by atoms with E-state index < -0.39 is 53.2 Å². The summed E-state index contributed by atoms with van der Waals surface area (Å²) in [5.74, 6) is -1.98. The average molecular weight is 629 g/mol. The van der Waals surface area contributed by atoms with Crippen LogP contribution in [0.3, 0.4) is 0 Å². The van der Waals surface area contributed by atoms with E-state index in [1.54, 1.807) is 38.1 Å². The Morgan fingerprint density at radius 2 is 1.46 bits per heavy atom. The van der Waals surface area contributed by atoms with Gasteiger partial charge in [-0.25, -0.2) is 9.97 Å². The molecule has 0 aliphatic carbocycles. The van der Waals surface area contributed by atoms with E-state index in [1.165, 1.54) is 20.8 Å². The lowest BCUT2D eigenvalue weighted by Gasteiger charge is -2.44. The number of rotatable bonds is 3. The number of aliphatic hydroxyl groups excluding tert-OH is 1. The predicted molar refractivity (Wildman–Crippen MR) is 166 cm³/mol. The summed E-state index contributed by atoms with van der Waals surface area (Å²) < 4.78 is 17.4. The number of nitrogens with zero attached hydrogens (tertiary/aromatic N) is 2. The number of ketones is 2. The molecular formula is C34H36N4O8. The Morgan fingerprint density at radius 1 is 0.870 bits per heavy atom. The van der Waals surface area contributed by atoms with Gasteiger partial charge in [-0.3, -0.25) is 19.2 Å². The van der Waals surface area contributed by atoms with Crippen molar-refractivity contribution in [1.82, 2.24) is 19.9 Å². The minimum absolute atomic E-state index is 0.0948. The third kappa shape index (κ3) is 5.11. The summed E-state index contributed by atoms with van der Waals surface area (Å²) in [5.41, 5.74) is 1.75. The summed E-state index contributed by atoms with van der Waals surface area (Å²) >= 11 is 0. The molecular weight excluding hydrogens is 592 g/mol. The van der Waals surface area contributed by atoms with Crippen LogP contribution in [0, 0.1) is 13.8 Å². The fraction of sp³-hybridized carbons (Fsp3) is 0.412. The Labute approximate surface area is 264 Å². The van der Waals surface area contributed by atoms with Crippen LogP contribution in [-0.4, -0.2) is 73.0 Å². The number of carbonyl (C=O) groups is 4. The average Bonchev–Trinajstić information content (AvgIpc) is 3.62. The summed E-state index contributed by atoms with van der Waals surface area (Å²) in [6.45, 7) is 11.2. The van der Waals surface area contributed by atoms with Gasteiger partial charge in [0, 0.05) is 42.3 Å².